The summed E-state index contributed by atoms with van der Waals surface area (Å²) in [5, 5.41) is 6.42. The topological polar surface area (TPSA) is 40.1 Å². The minimum Gasteiger partial charge on any atom is -0.379 e. The van der Waals surface area contributed by atoms with Gasteiger partial charge in [-0.05, 0) is 24.8 Å². The Balaban J connectivity index is 1.72. The van der Waals surface area contributed by atoms with Crippen LogP contribution in [0.25, 0.3) is 0 Å². The maximum absolute atomic E-state index is 5.55. The molecule has 1 aromatic rings. The number of rotatable bonds is 6. The van der Waals surface area contributed by atoms with Crippen molar-refractivity contribution in [3.63, 3.8) is 0 Å². The average Bonchev–Trinajstić information content (AvgIpc) is 3.23. The fourth-order valence-corrected chi connectivity index (χ4v) is 5.55. The quantitative estimate of drug-likeness (QED) is 0.591. The lowest BCUT2D eigenvalue weighted by molar-refractivity contribution is 0.0186. The number of morpholine rings is 1. The second kappa shape index (κ2) is 10.5. The lowest BCUT2D eigenvalue weighted by atomic mass is 10.2. The summed E-state index contributed by atoms with van der Waals surface area (Å²) in [5.41, 5.74) is 0. The van der Waals surface area contributed by atoms with Gasteiger partial charge in [0.25, 0.3) is 0 Å². The molecule has 0 amide bonds. The highest BCUT2D eigenvalue weighted by Gasteiger charge is 2.25. The SMILES string of the molecule is CCNC(=NCC(c1cccs1)N1CCOCC1)N1CCSC(CC)C1. The number of aliphatic imine (C=N–C) groups is 1. The van der Waals surface area contributed by atoms with Crippen molar-refractivity contribution in [1.82, 2.24) is 15.1 Å². The molecule has 2 fully saturated rings. The minimum atomic E-state index is 0.355. The number of thioether (sulfide) groups is 1. The minimum absolute atomic E-state index is 0.355. The summed E-state index contributed by atoms with van der Waals surface area (Å²) in [5.74, 6) is 2.28. The molecule has 1 N–H and O–H groups in total. The molecule has 0 radical (unpaired) electrons. The van der Waals surface area contributed by atoms with Gasteiger partial charge in [-0.25, -0.2) is 0 Å². The van der Waals surface area contributed by atoms with E-state index in [-0.39, 0.29) is 0 Å². The van der Waals surface area contributed by atoms with Crippen LogP contribution < -0.4 is 5.32 Å². The third-order valence-corrected chi connectivity index (χ3v) is 7.35. The summed E-state index contributed by atoms with van der Waals surface area (Å²) in [6.45, 7) is 12.0. The van der Waals surface area contributed by atoms with E-state index < -0.39 is 0 Å². The van der Waals surface area contributed by atoms with Crippen LogP contribution in [0.15, 0.2) is 22.5 Å². The Labute approximate surface area is 166 Å². The first-order valence-electron chi connectivity index (χ1n) is 9.81. The molecule has 2 atom stereocenters. The van der Waals surface area contributed by atoms with Gasteiger partial charge in [0.2, 0.25) is 0 Å². The lowest BCUT2D eigenvalue weighted by Crippen LogP contribution is -2.48. The number of hydrogen-bond acceptors (Lipinski definition) is 5. The first-order valence-corrected chi connectivity index (χ1v) is 11.7. The first kappa shape index (κ1) is 20.0. The Morgan fingerprint density at radius 2 is 2.19 bits per heavy atom. The van der Waals surface area contributed by atoms with Crippen molar-refractivity contribution in [2.24, 2.45) is 4.99 Å². The number of hydrogen-bond donors (Lipinski definition) is 1. The summed E-state index contributed by atoms with van der Waals surface area (Å²) in [4.78, 5) is 11.5. The van der Waals surface area contributed by atoms with Crippen LogP contribution in [0.4, 0.5) is 0 Å². The van der Waals surface area contributed by atoms with Gasteiger partial charge >= 0.3 is 0 Å². The molecular formula is C19H32N4OS2. The molecule has 0 aromatic carbocycles. The van der Waals surface area contributed by atoms with Gasteiger partial charge in [-0.3, -0.25) is 9.89 Å². The number of nitrogens with zero attached hydrogens (tertiary/aromatic N) is 3. The third-order valence-electron chi connectivity index (χ3n) is 5.00. The van der Waals surface area contributed by atoms with Gasteiger partial charge in [-0.1, -0.05) is 13.0 Å². The van der Waals surface area contributed by atoms with Gasteiger partial charge in [0.1, 0.15) is 0 Å². The fourth-order valence-electron chi connectivity index (χ4n) is 3.51. The molecule has 0 spiro atoms. The Morgan fingerprint density at radius 3 is 2.88 bits per heavy atom. The maximum Gasteiger partial charge on any atom is 0.194 e. The average molecular weight is 397 g/mol. The van der Waals surface area contributed by atoms with E-state index in [1.807, 2.05) is 11.3 Å². The van der Waals surface area contributed by atoms with Crippen molar-refractivity contribution in [2.45, 2.75) is 31.6 Å². The summed E-state index contributed by atoms with van der Waals surface area (Å²) in [7, 11) is 0. The van der Waals surface area contributed by atoms with Crippen LogP contribution in [0.5, 0.6) is 0 Å². The van der Waals surface area contributed by atoms with Gasteiger partial charge in [0.05, 0.1) is 25.8 Å². The number of ether oxygens (including phenoxy) is 1. The van der Waals surface area contributed by atoms with Crippen LogP contribution in [0.2, 0.25) is 0 Å². The standard InChI is InChI=1S/C19H32N4OS2/c1-3-16-15-23(9-13-25-16)19(20-4-2)21-14-17(18-6-5-12-26-18)22-7-10-24-11-8-22/h5-6,12,16-17H,3-4,7-11,13-15H2,1-2H3,(H,20,21). The van der Waals surface area contributed by atoms with Crippen LogP contribution in [0.3, 0.4) is 0 Å². The van der Waals surface area contributed by atoms with E-state index in [0.29, 0.717) is 6.04 Å². The van der Waals surface area contributed by atoms with E-state index in [2.05, 4.69) is 58.2 Å². The molecule has 7 heteroatoms. The van der Waals surface area contributed by atoms with Crippen molar-refractivity contribution in [1.29, 1.82) is 0 Å². The van der Waals surface area contributed by atoms with Gasteiger partial charge in [0.15, 0.2) is 5.96 Å². The van der Waals surface area contributed by atoms with Crippen LogP contribution >= 0.6 is 23.1 Å². The van der Waals surface area contributed by atoms with Gasteiger partial charge < -0.3 is 15.0 Å². The molecule has 26 heavy (non-hydrogen) atoms. The molecular weight excluding hydrogens is 364 g/mol. The highest BCUT2D eigenvalue weighted by molar-refractivity contribution is 8.00. The van der Waals surface area contributed by atoms with Gasteiger partial charge in [-0.2, -0.15) is 11.8 Å². The first-order chi connectivity index (χ1) is 12.8. The molecule has 2 saturated heterocycles. The van der Waals surface area contributed by atoms with Crippen molar-refractivity contribution >= 4 is 29.1 Å². The Morgan fingerprint density at radius 1 is 1.35 bits per heavy atom. The van der Waals surface area contributed by atoms with Crippen molar-refractivity contribution in [3.05, 3.63) is 22.4 Å². The smallest absolute Gasteiger partial charge is 0.194 e. The van der Waals surface area contributed by atoms with Crippen LogP contribution in [-0.2, 0) is 4.74 Å². The monoisotopic (exact) mass is 396 g/mol. The summed E-state index contributed by atoms with van der Waals surface area (Å²) in [6, 6.07) is 4.75. The normalized spacial score (nSPS) is 23.8. The summed E-state index contributed by atoms with van der Waals surface area (Å²) >= 11 is 3.94. The highest BCUT2D eigenvalue weighted by atomic mass is 32.2. The molecule has 0 bridgehead atoms. The second-order valence-corrected chi connectivity index (χ2v) is 9.11. The molecule has 0 saturated carbocycles. The van der Waals surface area contributed by atoms with Crippen LogP contribution in [0, 0.1) is 0 Å². The van der Waals surface area contributed by atoms with Crippen molar-refractivity contribution in [3.8, 4) is 0 Å². The van der Waals surface area contributed by atoms with E-state index in [1.165, 1.54) is 17.1 Å². The molecule has 2 aliphatic heterocycles. The number of thiophene rings is 1. The zero-order valence-electron chi connectivity index (χ0n) is 16.0. The molecule has 1 aromatic heterocycles. The van der Waals surface area contributed by atoms with Crippen LogP contribution in [0.1, 0.15) is 31.2 Å². The third kappa shape index (κ3) is 5.38. The number of guanidine groups is 1. The Kier molecular flexibility index (Phi) is 8.10. The van der Waals surface area contributed by atoms with Crippen molar-refractivity contribution in [2.75, 3.05) is 58.2 Å². The van der Waals surface area contributed by atoms with E-state index in [4.69, 9.17) is 9.73 Å². The molecule has 3 heterocycles. The van der Waals surface area contributed by atoms with Crippen molar-refractivity contribution < 1.29 is 4.74 Å². The Hall–Kier alpha value is -0.760. The molecule has 5 nitrogen and oxygen atoms in total. The van der Waals surface area contributed by atoms with E-state index in [1.54, 1.807) is 0 Å². The molecule has 3 rings (SSSR count). The lowest BCUT2D eigenvalue weighted by Gasteiger charge is -2.36. The van der Waals surface area contributed by atoms with Crippen LogP contribution in [-0.4, -0.2) is 79.2 Å². The molecule has 146 valence electrons. The predicted octanol–water partition coefficient (Wildman–Crippen LogP) is 2.91. The number of nitrogens with one attached hydrogen (secondary N) is 1. The largest absolute Gasteiger partial charge is 0.379 e. The molecule has 2 unspecified atom stereocenters. The molecule has 0 aliphatic carbocycles. The zero-order chi connectivity index (χ0) is 18.2. The highest BCUT2D eigenvalue weighted by Crippen LogP contribution is 2.27. The second-order valence-electron chi connectivity index (χ2n) is 6.72. The predicted molar refractivity (Wildman–Crippen MR) is 114 cm³/mol. The molecule has 2 aliphatic rings. The zero-order valence-corrected chi connectivity index (χ0v) is 17.7. The summed E-state index contributed by atoms with van der Waals surface area (Å²) in [6.07, 6.45) is 1.23. The maximum atomic E-state index is 5.55. The van der Waals surface area contributed by atoms with Gasteiger partial charge in [0, 0.05) is 48.6 Å². The van der Waals surface area contributed by atoms with E-state index in [0.717, 1.165) is 63.7 Å². The van der Waals surface area contributed by atoms with E-state index >= 15 is 0 Å². The van der Waals surface area contributed by atoms with E-state index in [9.17, 15) is 0 Å². The summed E-state index contributed by atoms with van der Waals surface area (Å²) < 4.78 is 5.55. The fraction of sp³-hybridized carbons (Fsp3) is 0.737. The Bertz CT molecular complexity index is 546. The van der Waals surface area contributed by atoms with Gasteiger partial charge in [-0.15, -0.1) is 11.3 Å².